The van der Waals surface area contributed by atoms with Gasteiger partial charge in [-0.25, -0.2) is 9.48 Å². The quantitative estimate of drug-likeness (QED) is 0.214. The number of aliphatic hydroxyl groups is 2. The van der Waals surface area contributed by atoms with E-state index in [1.54, 1.807) is 31.2 Å². The maximum Gasteiger partial charge on any atom is 0.390 e. The number of halogens is 4. The molecule has 2 amide bonds. The van der Waals surface area contributed by atoms with Crippen molar-refractivity contribution in [3.63, 3.8) is 0 Å². The van der Waals surface area contributed by atoms with Crippen molar-refractivity contribution >= 4 is 23.5 Å². The molecule has 5 N–H and O–H groups in total. The van der Waals surface area contributed by atoms with Gasteiger partial charge in [0.2, 0.25) is 0 Å². The monoisotopic (exact) mass is 579 g/mol. The molecule has 40 heavy (non-hydrogen) atoms. The molecular formula is C27H29ClF3N5O4. The van der Waals surface area contributed by atoms with Gasteiger partial charge < -0.3 is 20.6 Å². The van der Waals surface area contributed by atoms with E-state index in [1.807, 2.05) is 0 Å². The third-order valence-electron chi connectivity index (χ3n) is 6.60. The van der Waals surface area contributed by atoms with E-state index in [4.69, 9.17) is 17.0 Å². The van der Waals surface area contributed by atoms with E-state index in [1.165, 1.54) is 35.9 Å². The van der Waals surface area contributed by atoms with Gasteiger partial charge in [-0.3, -0.25) is 10.3 Å². The smallest absolute Gasteiger partial charge is 0.390 e. The van der Waals surface area contributed by atoms with Crippen molar-refractivity contribution in [3.8, 4) is 11.4 Å². The number of amides is 2. The molecule has 0 radical (unpaired) electrons. The number of aromatic hydroxyl groups is 1. The number of hydrogen-bond donors (Lipinski definition) is 5. The highest BCUT2D eigenvalue weighted by Gasteiger charge is 2.45. The zero-order chi connectivity index (χ0) is 29.5. The van der Waals surface area contributed by atoms with Gasteiger partial charge >= 0.3 is 12.2 Å². The number of amidine groups is 1. The van der Waals surface area contributed by atoms with Crippen LogP contribution in [0.3, 0.4) is 0 Å². The summed E-state index contributed by atoms with van der Waals surface area (Å²) in [6.45, 7) is 2.02. The summed E-state index contributed by atoms with van der Waals surface area (Å²) >= 11 is 6.17. The van der Waals surface area contributed by atoms with Crippen LogP contribution in [0.25, 0.3) is 5.69 Å². The lowest BCUT2D eigenvalue weighted by Gasteiger charge is -2.38. The van der Waals surface area contributed by atoms with Gasteiger partial charge in [0.15, 0.2) is 0 Å². The highest BCUT2D eigenvalue weighted by molar-refractivity contribution is 6.30. The highest BCUT2D eigenvalue weighted by Crippen LogP contribution is 2.42. The summed E-state index contributed by atoms with van der Waals surface area (Å²) in [5, 5.41) is 47.6. The second-order valence-corrected chi connectivity index (χ2v) is 10.8. The molecule has 214 valence electrons. The van der Waals surface area contributed by atoms with Crippen molar-refractivity contribution in [2.24, 2.45) is 0 Å². The summed E-state index contributed by atoms with van der Waals surface area (Å²) in [6, 6.07) is 10.9. The molecule has 1 heterocycles. The first-order valence-corrected chi connectivity index (χ1v) is 12.8. The number of benzene rings is 2. The number of urea groups is 1. The lowest BCUT2D eigenvalue weighted by Crippen LogP contribution is -2.46. The van der Waals surface area contributed by atoms with Crippen molar-refractivity contribution in [1.29, 1.82) is 5.41 Å². The molecule has 0 bridgehead atoms. The molecule has 0 fully saturated rings. The van der Waals surface area contributed by atoms with Crippen molar-refractivity contribution in [2.45, 2.75) is 57.0 Å². The number of rotatable bonds is 6. The van der Waals surface area contributed by atoms with Gasteiger partial charge in [-0.1, -0.05) is 17.7 Å². The normalized spacial score (nSPS) is 20.6. The van der Waals surface area contributed by atoms with E-state index in [-0.39, 0.29) is 36.4 Å². The Hall–Kier alpha value is -3.61. The average Bonchev–Trinajstić information content (AvgIpc) is 3.20. The number of carbonyl (C=O) groups is 1. The molecule has 3 aromatic rings. The van der Waals surface area contributed by atoms with E-state index in [2.05, 4.69) is 10.4 Å². The zero-order valence-electron chi connectivity index (χ0n) is 21.8. The fraction of sp³-hybridized carbons (Fsp3) is 0.370. The third-order valence-corrected chi connectivity index (χ3v) is 6.84. The molecule has 2 atom stereocenters. The molecule has 2 unspecified atom stereocenters. The number of nitrogens with one attached hydrogen (secondary N) is 2. The summed E-state index contributed by atoms with van der Waals surface area (Å²) in [6.07, 6.45) is -5.80. The molecule has 13 heteroatoms. The van der Waals surface area contributed by atoms with Crippen LogP contribution in [0.1, 0.15) is 49.2 Å². The molecule has 9 nitrogen and oxygen atoms in total. The molecule has 0 aliphatic heterocycles. The fourth-order valence-electron chi connectivity index (χ4n) is 5.07. The number of fused-ring (bicyclic) bond motifs is 1. The standard InChI is InChI=1S/C27H29ClF3N5O4/c1-25(39)13-21-22(26(2,40)15-25)20(34-36(21)18-5-3-4-17(28)12-18)14-33-24(38)35(11-10-27(29,30)31)23(32)16-6-8-19(37)9-7-16/h3-9,12,32,37,39-40H,10-11,13-15H2,1-2H3,(H,33,38). The van der Waals surface area contributed by atoms with Crippen LogP contribution in [0.2, 0.25) is 5.02 Å². The first-order valence-electron chi connectivity index (χ1n) is 12.4. The summed E-state index contributed by atoms with van der Waals surface area (Å²) in [5.74, 6) is -0.592. The van der Waals surface area contributed by atoms with Gasteiger partial charge in [0.25, 0.3) is 0 Å². The predicted molar refractivity (Wildman–Crippen MR) is 142 cm³/mol. The molecule has 0 saturated heterocycles. The maximum atomic E-state index is 13.2. The Labute approximate surface area is 233 Å². The number of alkyl halides is 3. The number of hydrogen-bond acceptors (Lipinski definition) is 6. The number of aromatic nitrogens is 2. The van der Waals surface area contributed by atoms with Gasteiger partial charge in [0.1, 0.15) is 11.6 Å². The van der Waals surface area contributed by atoms with Gasteiger partial charge in [-0.15, -0.1) is 0 Å². The van der Waals surface area contributed by atoms with Crippen molar-refractivity contribution < 1.29 is 33.3 Å². The Morgan fingerprint density at radius 3 is 2.50 bits per heavy atom. The molecule has 1 aromatic heterocycles. The SMILES string of the molecule is CC1(O)Cc2c(c(CNC(=O)N(CCC(F)(F)F)C(=N)c3ccc(O)cc3)nn2-c2cccc(Cl)c2)C(C)(O)C1. The number of phenolic OH excluding ortho intramolecular Hbond substituents is 1. The average molecular weight is 580 g/mol. The number of carbonyl (C=O) groups excluding carboxylic acids is 1. The second-order valence-electron chi connectivity index (χ2n) is 10.4. The first-order chi connectivity index (χ1) is 18.6. The van der Waals surface area contributed by atoms with Crippen LogP contribution in [0, 0.1) is 5.41 Å². The molecule has 1 aliphatic rings. The van der Waals surface area contributed by atoms with E-state index in [9.17, 15) is 33.3 Å². The Morgan fingerprint density at radius 1 is 1.20 bits per heavy atom. The van der Waals surface area contributed by atoms with Crippen LogP contribution in [0.15, 0.2) is 48.5 Å². The summed E-state index contributed by atoms with van der Waals surface area (Å²) in [4.78, 5) is 13.8. The Morgan fingerprint density at radius 2 is 1.88 bits per heavy atom. The molecule has 0 spiro atoms. The lowest BCUT2D eigenvalue weighted by atomic mass is 9.74. The molecule has 1 aliphatic carbocycles. The third kappa shape index (κ3) is 6.57. The Balaban J connectivity index is 1.66. The van der Waals surface area contributed by atoms with Crippen LogP contribution < -0.4 is 5.32 Å². The van der Waals surface area contributed by atoms with Crippen LogP contribution in [0.4, 0.5) is 18.0 Å². The van der Waals surface area contributed by atoms with Crippen molar-refractivity contribution in [1.82, 2.24) is 20.0 Å². The molecular weight excluding hydrogens is 551 g/mol. The van der Waals surface area contributed by atoms with Crippen LogP contribution in [-0.2, 0) is 18.6 Å². The van der Waals surface area contributed by atoms with E-state index in [0.29, 0.717) is 26.9 Å². The lowest BCUT2D eigenvalue weighted by molar-refractivity contribution is -0.135. The first kappa shape index (κ1) is 29.4. The van der Waals surface area contributed by atoms with Gasteiger partial charge in [-0.05, 0) is 56.3 Å². The van der Waals surface area contributed by atoms with E-state index < -0.39 is 42.2 Å². The summed E-state index contributed by atoms with van der Waals surface area (Å²) in [5.41, 5.74) is -0.994. The maximum absolute atomic E-state index is 13.2. The molecule has 4 rings (SSSR count). The van der Waals surface area contributed by atoms with Gasteiger partial charge in [0, 0.05) is 35.5 Å². The van der Waals surface area contributed by atoms with Crippen molar-refractivity contribution in [2.75, 3.05) is 6.54 Å². The molecule has 2 aromatic carbocycles. The molecule has 0 saturated carbocycles. The van der Waals surface area contributed by atoms with E-state index in [0.717, 1.165) is 0 Å². The fourth-order valence-corrected chi connectivity index (χ4v) is 5.25. The Bertz CT molecular complexity index is 1420. The zero-order valence-corrected chi connectivity index (χ0v) is 22.5. The highest BCUT2D eigenvalue weighted by atomic mass is 35.5. The minimum atomic E-state index is -4.57. The topological polar surface area (TPSA) is 135 Å². The minimum Gasteiger partial charge on any atom is -0.508 e. The van der Waals surface area contributed by atoms with Crippen LogP contribution in [-0.4, -0.2) is 60.2 Å². The summed E-state index contributed by atoms with van der Waals surface area (Å²) in [7, 11) is 0. The predicted octanol–water partition coefficient (Wildman–Crippen LogP) is 4.63. The van der Waals surface area contributed by atoms with E-state index >= 15 is 0 Å². The summed E-state index contributed by atoms with van der Waals surface area (Å²) < 4.78 is 40.7. The minimum absolute atomic E-state index is 0.0155. The van der Waals surface area contributed by atoms with Crippen molar-refractivity contribution in [3.05, 3.63) is 76.1 Å². The Kier molecular flexibility index (Phi) is 7.90. The van der Waals surface area contributed by atoms with Crippen LogP contribution >= 0.6 is 11.6 Å². The largest absolute Gasteiger partial charge is 0.508 e. The van der Waals surface area contributed by atoms with Crippen LogP contribution in [0.5, 0.6) is 5.75 Å². The van der Waals surface area contributed by atoms with Gasteiger partial charge in [-0.2, -0.15) is 18.3 Å². The van der Waals surface area contributed by atoms with Gasteiger partial charge in [0.05, 0.1) is 41.2 Å². The number of phenols is 1. The number of nitrogens with zero attached hydrogens (tertiary/aromatic N) is 3. The second kappa shape index (κ2) is 10.8.